The van der Waals surface area contributed by atoms with E-state index in [-0.39, 0.29) is 11.6 Å². The fourth-order valence-corrected chi connectivity index (χ4v) is 1.98. The molecule has 0 amide bonds. The Labute approximate surface area is 101 Å². The summed E-state index contributed by atoms with van der Waals surface area (Å²) in [5.41, 5.74) is 7.84. The summed E-state index contributed by atoms with van der Waals surface area (Å²) >= 11 is 1.45. The second-order valence-electron chi connectivity index (χ2n) is 3.40. The highest BCUT2D eigenvalue weighted by molar-refractivity contribution is 7.09. The van der Waals surface area contributed by atoms with Crippen molar-refractivity contribution in [1.29, 1.82) is 0 Å². The Hall–Kier alpha value is -1.76. The first kappa shape index (κ1) is 11.7. The molecule has 0 saturated carbocycles. The number of halogens is 2. The monoisotopic (exact) mass is 256 g/mol. The van der Waals surface area contributed by atoms with E-state index in [2.05, 4.69) is 15.3 Å². The summed E-state index contributed by atoms with van der Waals surface area (Å²) in [6.07, 6.45) is 0. The first-order chi connectivity index (χ1) is 8.08. The number of hydrogen-bond acceptors (Lipinski definition) is 5. The van der Waals surface area contributed by atoms with Gasteiger partial charge in [-0.15, -0.1) is 11.3 Å². The Morgan fingerprint density at radius 2 is 2.18 bits per heavy atom. The van der Waals surface area contributed by atoms with Crippen molar-refractivity contribution in [3.63, 3.8) is 0 Å². The van der Waals surface area contributed by atoms with E-state index in [1.165, 1.54) is 11.3 Å². The number of thiazole rings is 1. The normalized spacial score (nSPS) is 10.5. The van der Waals surface area contributed by atoms with Gasteiger partial charge in [0.25, 0.3) is 0 Å². The van der Waals surface area contributed by atoms with Crippen molar-refractivity contribution in [2.45, 2.75) is 13.5 Å². The van der Waals surface area contributed by atoms with Gasteiger partial charge in [0.05, 0.1) is 17.7 Å². The van der Waals surface area contributed by atoms with Gasteiger partial charge in [-0.25, -0.2) is 18.7 Å². The molecule has 0 bridgehead atoms. The summed E-state index contributed by atoms with van der Waals surface area (Å²) in [6, 6.07) is 0.712. The summed E-state index contributed by atoms with van der Waals surface area (Å²) in [4.78, 5) is 8.63. The molecule has 0 spiro atoms. The van der Waals surface area contributed by atoms with Crippen LogP contribution in [0.5, 0.6) is 0 Å². The van der Waals surface area contributed by atoms with E-state index >= 15 is 0 Å². The third-order valence-electron chi connectivity index (χ3n) is 2.22. The molecule has 0 unspecified atom stereocenters. The first-order valence-electron chi connectivity index (χ1n) is 4.82. The van der Waals surface area contributed by atoms with Crippen LogP contribution in [0.3, 0.4) is 0 Å². The summed E-state index contributed by atoms with van der Waals surface area (Å²) in [6.45, 7) is 2.24. The molecule has 90 valence electrons. The smallest absolute Gasteiger partial charge is 0.168 e. The van der Waals surface area contributed by atoms with Crippen molar-refractivity contribution in [1.82, 2.24) is 9.97 Å². The number of anilines is 2. The molecule has 0 fully saturated rings. The van der Waals surface area contributed by atoms with E-state index in [1.807, 2.05) is 6.92 Å². The van der Waals surface area contributed by atoms with E-state index in [9.17, 15) is 8.78 Å². The van der Waals surface area contributed by atoms with Crippen molar-refractivity contribution in [3.8, 4) is 0 Å². The predicted molar refractivity (Wildman–Crippen MR) is 62.7 cm³/mol. The molecule has 0 saturated heterocycles. The van der Waals surface area contributed by atoms with Crippen LogP contribution in [0.2, 0.25) is 0 Å². The highest BCUT2D eigenvalue weighted by atomic mass is 32.1. The molecule has 0 atom stereocenters. The van der Waals surface area contributed by atoms with Gasteiger partial charge in [-0.2, -0.15) is 0 Å². The third kappa shape index (κ3) is 2.50. The van der Waals surface area contributed by atoms with Crippen LogP contribution < -0.4 is 11.1 Å². The minimum Gasteiger partial charge on any atom is -0.381 e. The minimum absolute atomic E-state index is 0.0586. The van der Waals surface area contributed by atoms with Crippen molar-refractivity contribution < 1.29 is 8.78 Å². The number of pyridine rings is 1. The second-order valence-corrected chi connectivity index (χ2v) is 4.34. The summed E-state index contributed by atoms with van der Waals surface area (Å²) < 4.78 is 26.2. The Morgan fingerprint density at radius 3 is 2.82 bits per heavy atom. The summed E-state index contributed by atoms with van der Waals surface area (Å²) in [7, 11) is 0. The summed E-state index contributed by atoms with van der Waals surface area (Å²) in [5.74, 6) is -2.01. The van der Waals surface area contributed by atoms with E-state index in [0.717, 1.165) is 10.6 Å². The van der Waals surface area contributed by atoms with Gasteiger partial charge in [0, 0.05) is 10.9 Å². The lowest BCUT2D eigenvalue weighted by molar-refractivity contribution is 0.579. The van der Waals surface area contributed by atoms with Gasteiger partial charge in [0.2, 0.25) is 0 Å². The fourth-order valence-electron chi connectivity index (χ4n) is 1.26. The maximum absolute atomic E-state index is 13.3. The number of aryl methyl sites for hydroxylation is 1. The number of nitrogens with zero attached hydrogens (tertiary/aromatic N) is 2. The third-order valence-corrected chi connectivity index (χ3v) is 3.15. The number of aromatic nitrogens is 2. The van der Waals surface area contributed by atoms with Gasteiger partial charge in [-0.1, -0.05) is 0 Å². The SMILES string of the molecule is Cc1ncsc1CNc1nc(N)c(F)cc1F. The maximum Gasteiger partial charge on any atom is 0.168 e. The fraction of sp³-hybridized carbons (Fsp3) is 0.200. The van der Waals surface area contributed by atoms with E-state index in [0.29, 0.717) is 12.6 Å². The first-order valence-corrected chi connectivity index (χ1v) is 5.70. The number of nitrogens with one attached hydrogen (secondary N) is 1. The van der Waals surface area contributed by atoms with Crippen LogP contribution in [0.4, 0.5) is 20.4 Å². The molecule has 2 aromatic heterocycles. The van der Waals surface area contributed by atoms with Crippen molar-refractivity contribution in [2.24, 2.45) is 0 Å². The molecule has 0 aromatic carbocycles. The molecule has 7 heteroatoms. The van der Waals surface area contributed by atoms with Gasteiger partial charge in [0.15, 0.2) is 23.3 Å². The van der Waals surface area contributed by atoms with Crippen LogP contribution in [0.15, 0.2) is 11.6 Å². The molecule has 4 nitrogen and oxygen atoms in total. The van der Waals surface area contributed by atoms with Crippen LogP contribution in [-0.4, -0.2) is 9.97 Å². The Bertz CT molecular complexity index is 541. The Morgan fingerprint density at radius 1 is 1.41 bits per heavy atom. The lowest BCUT2D eigenvalue weighted by atomic mass is 10.3. The number of nitrogens with two attached hydrogens (primary N) is 1. The average Bonchev–Trinajstić information content (AvgIpc) is 2.68. The molecule has 3 N–H and O–H groups in total. The number of rotatable bonds is 3. The number of nitrogen functional groups attached to an aromatic ring is 1. The molecule has 0 aliphatic heterocycles. The lowest BCUT2D eigenvalue weighted by Gasteiger charge is -2.07. The van der Waals surface area contributed by atoms with E-state index in [4.69, 9.17) is 5.73 Å². The van der Waals surface area contributed by atoms with E-state index in [1.54, 1.807) is 5.51 Å². The molecule has 2 rings (SSSR count). The van der Waals surface area contributed by atoms with Gasteiger partial charge in [-0.05, 0) is 6.92 Å². The quantitative estimate of drug-likeness (QED) is 0.884. The van der Waals surface area contributed by atoms with Crippen LogP contribution in [-0.2, 0) is 6.54 Å². The van der Waals surface area contributed by atoms with Crippen LogP contribution in [0.25, 0.3) is 0 Å². The molecular formula is C10H10F2N4S. The van der Waals surface area contributed by atoms with Gasteiger partial charge in [-0.3, -0.25) is 0 Å². The molecule has 17 heavy (non-hydrogen) atoms. The molecular weight excluding hydrogens is 246 g/mol. The van der Waals surface area contributed by atoms with Gasteiger partial charge < -0.3 is 11.1 Å². The zero-order valence-electron chi connectivity index (χ0n) is 9.00. The Balaban J connectivity index is 2.14. The van der Waals surface area contributed by atoms with Crippen molar-refractivity contribution in [2.75, 3.05) is 11.1 Å². The van der Waals surface area contributed by atoms with Crippen molar-refractivity contribution >= 4 is 23.0 Å². The zero-order valence-corrected chi connectivity index (χ0v) is 9.81. The minimum atomic E-state index is -0.859. The second kappa shape index (κ2) is 4.62. The molecule has 2 aromatic rings. The van der Waals surface area contributed by atoms with Crippen LogP contribution in [0.1, 0.15) is 10.6 Å². The van der Waals surface area contributed by atoms with Gasteiger partial charge in [0.1, 0.15) is 0 Å². The Kier molecular flexibility index (Phi) is 3.19. The van der Waals surface area contributed by atoms with Crippen LogP contribution in [0, 0.1) is 18.6 Å². The number of hydrogen-bond donors (Lipinski definition) is 2. The van der Waals surface area contributed by atoms with E-state index < -0.39 is 11.6 Å². The molecule has 0 aliphatic carbocycles. The molecule has 0 aliphatic rings. The highest BCUT2D eigenvalue weighted by Crippen LogP contribution is 2.19. The molecule has 2 heterocycles. The predicted octanol–water partition coefficient (Wildman–Crippen LogP) is 2.32. The largest absolute Gasteiger partial charge is 0.381 e. The standard InChI is InChI=1S/C10H10F2N4S/c1-5-8(17-4-15-5)3-14-10-7(12)2-6(11)9(13)16-10/h2,4H,3H2,1H3,(H3,13,14,16). The highest BCUT2D eigenvalue weighted by Gasteiger charge is 2.10. The van der Waals surface area contributed by atoms with Crippen molar-refractivity contribution in [3.05, 3.63) is 33.8 Å². The lowest BCUT2D eigenvalue weighted by Crippen LogP contribution is -2.06. The van der Waals surface area contributed by atoms with Crippen LogP contribution >= 0.6 is 11.3 Å². The maximum atomic E-state index is 13.3. The molecule has 0 radical (unpaired) electrons. The topological polar surface area (TPSA) is 63.8 Å². The average molecular weight is 256 g/mol. The summed E-state index contributed by atoms with van der Waals surface area (Å²) in [5, 5.41) is 2.76. The zero-order chi connectivity index (χ0) is 12.4. The van der Waals surface area contributed by atoms with Gasteiger partial charge >= 0.3 is 0 Å².